The largest absolute Gasteiger partial charge is 0.461 e. The molecule has 0 amide bonds. The SMILES string of the molecule is CC(=N)C(C#N)C(=O)COC(=O)CCc1ccc(-c2ccccc2)o1. The van der Waals surface area contributed by atoms with E-state index < -0.39 is 24.3 Å². The number of ether oxygens (including phenoxy) is 1. The topological polar surface area (TPSA) is 104 Å². The van der Waals surface area contributed by atoms with Crippen LogP contribution in [-0.4, -0.2) is 24.1 Å². The Balaban J connectivity index is 1.81. The van der Waals surface area contributed by atoms with Gasteiger partial charge in [0.25, 0.3) is 0 Å². The number of hydrogen-bond donors (Lipinski definition) is 1. The summed E-state index contributed by atoms with van der Waals surface area (Å²) in [5.41, 5.74) is 0.888. The highest BCUT2D eigenvalue weighted by molar-refractivity contribution is 6.05. The third-order valence-electron chi connectivity index (χ3n) is 3.55. The van der Waals surface area contributed by atoms with Crippen LogP contribution in [0.1, 0.15) is 19.1 Å². The number of furan rings is 1. The monoisotopic (exact) mass is 338 g/mol. The number of Topliss-reactive ketones (excluding diaryl/α,β-unsaturated/α-hetero) is 1. The van der Waals surface area contributed by atoms with Crippen LogP contribution in [0.15, 0.2) is 46.9 Å². The third kappa shape index (κ3) is 5.15. The van der Waals surface area contributed by atoms with Crippen molar-refractivity contribution in [1.29, 1.82) is 10.7 Å². The predicted octanol–water partition coefficient (Wildman–Crippen LogP) is 3.17. The fourth-order valence-corrected chi connectivity index (χ4v) is 2.21. The Kier molecular flexibility index (Phi) is 6.24. The Morgan fingerprint density at radius 1 is 1.24 bits per heavy atom. The van der Waals surface area contributed by atoms with Crippen molar-refractivity contribution >= 4 is 17.5 Å². The molecule has 6 heteroatoms. The lowest BCUT2D eigenvalue weighted by atomic mass is 10.0. The molecule has 1 aromatic heterocycles. The van der Waals surface area contributed by atoms with Gasteiger partial charge >= 0.3 is 5.97 Å². The molecule has 0 saturated heterocycles. The number of nitriles is 1. The van der Waals surface area contributed by atoms with Gasteiger partial charge in [0.05, 0.1) is 12.5 Å². The van der Waals surface area contributed by atoms with Crippen molar-refractivity contribution in [3.63, 3.8) is 0 Å². The molecule has 1 unspecified atom stereocenters. The summed E-state index contributed by atoms with van der Waals surface area (Å²) in [4.78, 5) is 23.4. The van der Waals surface area contributed by atoms with Crippen molar-refractivity contribution in [3.05, 3.63) is 48.2 Å². The Labute approximate surface area is 145 Å². The van der Waals surface area contributed by atoms with Crippen LogP contribution in [-0.2, 0) is 20.7 Å². The number of carbonyl (C=O) groups is 2. The van der Waals surface area contributed by atoms with Gasteiger partial charge in [0.15, 0.2) is 12.4 Å². The minimum atomic E-state index is -1.16. The van der Waals surface area contributed by atoms with Crippen LogP contribution in [0.2, 0.25) is 0 Å². The van der Waals surface area contributed by atoms with E-state index in [2.05, 4.69) is 0 Å². The Morgan fingerprint density at radius 3 is 2.60 bits per heavy atom. The summed E-state index contributed by atoms with van der Waals surface area (Å²) in [7, 11) is 0. The van der Waals surface area contributed by atoms with E-state index in [1.54, 1.807) is 12.1 Å². The molecule has 25 heavy (non-hydrogen) atoms. The highest BCUT2D eigenvalue weighted by Crippen LogP contribution is 2.22. The van der Waals surface area contributed by atoms with Crippen LogP contribution in [0.25, 0.3) is 11.3 Å². The second kappa shape index (κ2) is 8.60. The van der Waals surface area contributed by atoms with Gasteiger partial charge in [-0.3, -0.25) is 9.59 Å². The molecule has 0 fully saturated rings. The van der Waals surface area contributed by atoms with Crippen molar-refractivity contribution in [2.75, 3.05) is 6.61 Å². The maximum absolute atomic E-state index is 11.7. The molecule has 128 valence electrons. The summed E-state index contributed by atoms with van der Waals surface area (Å²) in [6.45, 7) is 0.871. The van der Waals surface area contributed by atoms with Crippen molar-refractivity contribution in [3.8, 4) is 17.4 Å². The summed E-state index contributed by atoms with van der Waals surface area (Å²) >= 11 is 0. The van der Waals surface area contributed by atoms with E-state index in [0.717, 1.165) is 11.3 Å². The minimum Gasteiger partial charge on any atom is -0.461 e. The predicted molar refractivity (Wildman–Crippen MR) is 90.9 cm³/mol. The van der Waals surface area contributed by atoms with E-state index in [1.165, 1.54) is 6.92 Å². The Hall–Kier alpha value is -3.20. The van der Waals surface area contributed by atoms with Crippen molar-refractivity contribution in [2.45, 2.75) is 19.8 Å². The number of ketones is 1. The van der Waals surface area contributed by atoms with Crippen LogP contribution >= 0.6 is 0 Å². The molecule has 0 aliphatic rings. The number of benzene rings is 1. The third-order valence-corrected chi connectivity index (χ3v) is 3.55. The molecule has 2 aromatic rings. The average molecular weight is 338 g/mol. The number of rotatable bonds is 8. The van der Waals surface area contributed by atoms with Gasteiger partial charge in [-0.05, 0) is 19.1 Å². The lowest BCUT2D eigenvalue weighted by Gasteiger charge is -2.07. The molecule has 0 radical (unpaired) electrons. The highest BCUT2D eigenvalue weighted by Gasteiger charge is 2.21. The van der Waals surface area contributed by atoms with Crippen LogP contribution in [0, 0.1) is 22.7 Å². The molecule has 2 rings (SSSR count). The second-order valence-electron chi connectivity index (χ2n) is 5.50. The standard InChI is InChI=1S/C19H18N2O4/c1-13(21)16(11-20)17(22)12-24-19(23)10-8-15-7-9-18(25-15)14-5-3-2-4-6-14/h2-7,9,16,21H,8,10,12H2,1H3. The van der Waals surface area contributed by atoms with Gasteiger partial charge in [-0.25, -0.2) is 0 Å². The quantitative estimate of drug-likeness (QED) is 0.588. The van der Waals surface area contributed by atoms with Gasteiger partial charge in [-0.2, -0.15) is 5.26 Å². The van der Waals surface area contributed by atoms with E-state index >= 15 is 0 Å². The van der Waals surface area contributed by atoms with E-state index in [-0.39, 0.29) is 12.1 Å². The summed E-state index contributed by atoms with van der Waals surface area (Å²) in [5, 5.41) is 16.2. The summed E-state index contributed by atoms with van der Waals surface area (Å²) in [5.74, 6) is -0.936. The van der Waals surface area contributed by atoms with Crippen LogP contribution in [0.5, 0.6) is 0 Å². The fraction of sp³-hybridized carbons (Fsp3) is 0.263. The highest BCUT2D eigenvalue weighted by atomic mass is 16.5. The summed E-state index contributed by atoms with van der Waals surface area (Å²) in [6.07, 6.45) is 0.418. The number of hydrogen-bond acceptors (Lipinski definition) is 6. The first-order chi connectivity index (χ1) is 12.0. The molecule has 6 nitrogen and oxygen atoms in total. The van der Waals surface area contributed by atoms with Crippen LogP contribution in [0.3, 0.4) is 0 Å². The molecule has 1 heterocycles. The van der Waals surface area contributed by atoms with Crippen molar-refractivity contribution in [2.24, 2.45) is 5.92 Å². The van der Waals surface area contributed by atoms with E-state index in [0.29, 0.717) is 12.2 Å². The maximum atomic E-state index is 11.7. The average Bonchev–Trinajstić information content (AvgIpc) is 3.08. The van der Waals surface area contributed by atoms with Crippen LogP contribution in [0.4, 0.5) is 0 Å². The molecule has 1 aromatic carbocycles. The summed E-state index contributed by atoms with van der Waals surface area (Å²) < 4.78 is 10.6. The first-order valence-corrected chi connectivity index (χ1v) is 7.78. The molecule has 0 aliphatic heterocycles. The second-order valence-corrected chi connectivity index (χ2v) is 5.50. The molecule has 0 aliphatic carbocycles. The molecule has 0 bridgehead atoms. The number of aryl methyl sites for hydroxylation is 1. The zero-order chi connectivity index (χ0) is 18.2. The smallest absolute Gasteiger partial charge is 0.306 e. The lowest BCUT2D eigenvalue weighted by molar-refractivity contribution is -0.148. The summed E-state index contributed by atoms with van der Waals surface area (Å²) in [6, 6.07) is 15.0. The van der Waals surface area contributed by atoms with Gasteiger partial charge in [-0.1, -0.05) is 30.3 Å². The van der Waals surface area contributed by atoms with Gasteiger partial charge in [0, 0.05) is 17.7 Å². The zero-order valence-electron chi connectivity index (χ0n) is 13.8. The number of nitrogens with zero attached hydrogens (tertiary/aromatic N) is 1. The number of esters is 1. The Bertz CT molecular complexity index is 802. The van der Waals surface area contributed by atoms with Gasteiger partial charge in [-0.15, -0.1) is 0 Å². The van der Waals surface area contributed by atoms with E-state index in [9.17, 15) is 9.59 Å². The molecule has 0 saturated carbocycles. The van der Waals surface area contributed by atoms with Gasteiger partial charge in [0.2, 0.25) is 0 Å². The molecule has 1 atom stereocenters. The molecular weight excluding hydrogens is 320 g/mol. The minimum absolute atomic E-state index is 0.0624. The van der Waals surface area contributed by atoms with Crippen molar-refractivity contribution < 1.29 is 18.7 Å². The lowest BCUT2D eigenvalue weighted by Crippen LogP contribution is -2.25. The van der Waals surface area contributed by atoms with Gasteiger partial charge in [0.1, 0.15) is 17.4 Å². The first kappa shape index (κ1) is 18.1. The van der Waals surface area contributed by atoms with Gasteiger partial charge < -0.3 is 14.6 Å². The van der Waals surface area contributed by atoms with E-state index in [1.807, 2.05) is 36.4 Å². The number of carbonyl (C=O) groups excluding carboxylic acids is 2. The Morgan fingerprint density at radius 2 is 1.96 bits per heavy atom. The zero-order valence-corrected chi connectivity index (χ0v) is 13.8. The van der Waals surface area contributed by atoms with E-state index in [4.69, 9.17) is 19.8 Å². The molecule has 1 N–H and O–H groups in total. The number of nitrogens with one attached hydrogen (secondary N) is 1. The van der Waals surface area contributed by atoms with Crippen molar-refractivity contribution in [1.82, 2.24) is 0 Å². The normalized spacial score (nSPS) is 11.4. The molecule has 0 spiro atoms. The first-order valence-electron chi connectivity index (χ1n) is 7.78. The fourth-order valence-electron chi connectivity index (χ4n) is 2.21. The van der Waals surface area contributed by atoms with Crippen LogP contribution < -0.4 is 0 Å². The molecular formula is C19H18N2O4. The maximum Gasteiger partial charge on any atom is 0.306 e.